The van der Waals surface area contributed by atoms with Gasteiger partial charge in [-0.2, -0.15) is 0 Å². The van der Waals surface area contributed by atoms with Gasteiger partial charge in [-0.1, -0.05) is 0 Å². The molecule has 0 aliphatic carbocycles. The van der Waals surface area contributed by atoms with Crippen molar-refractivity contribution in [2.45, 2.75) is 57.3 Å². The Morgan fingerprint density at radius 2 is 2.00 bits per heavy atom. The zero-order valence-electron chi connectivity index (χ0n) is 7.84. The predicted octanol–water partition coefficient (Wildman–Crippen LogP) is 2.47. The van der Waals surface area contributed by atoms with E-state index in [0.29, 0.717) is 6.10 Å². The monoisotopic (exact) mass is 170 g/mol. The Bertz CT molecular complexity index is 144. The highest BCUT2D eigenvalue weighted by Gasteiger charge is 2.38. The van der Waals surface area contributed by atoms with Gasteiger partial charge >= 0.3 is 0 Å². The van der Waals surface area contributed by atoms with Crippen LogP contribution in [0.3, 0.4) is 0 Å². The fraction of sp³-hybridized carbons (Fsp3) is 1.00. The van der Waals surface area contributed by atoms with Gasteiger partial charge in [0, 0.05) is 12.8 Å². The van der Waals surface area contributed by atoms with E-state index in [4.69, 9.17) is 9.47 Å². The lowest BCUT2D eigenvalue weighted by molar-refractivity contribution is -0.291. The van der Waals surface area contributed by atoms with Crippen LogP contribution in [0.4, 0.5) is 0 Å². The highest BCUT2D eigenvalue weighted by atomic mass is 16.7. The minimum atomic E-state index is -0.171. The molecule has 0 amide bonds. The van der Waals surface area contributed by atoms with Crippen molar-refractivity contribution >= 4 is 0 Å². The SMILES string of the molecule is C[C@H]1CCC[C@@]2(CCCCO2)O1. The first-order valence-electron chi connectivity index (χ1n) is 5.13. The van der Waals surface area contributed by atoms with Crippen LogP contribution in [0.15, 0.2) is 0 Å². The lowest BCUT2D eigenvalue weighted by Crippen LogP contribution is -2.44. The summed E-state index contributed by atoms with van der Waals surface area (Å²) in [5.74, 6) is -0.171. The van der Waals surface area contributed by atoms with Crippen LogP contribution in [0.1, 0.15) is 45.4 Å². The van der Waals surface area contributed by atoms with E-state index < -0.39 is 0 Å². The molecule has 2 fully saturated rings. The highest BCUT2D eigenvalue weighted by Crippen LogP contribution is 2.36. The molecule has 0 unspecified atom stereocenters. The Hall–Kier alpha value is -0.0800. The number of rotatable bonds is 0. The molecule has 0 bridgehead atoms. The van der Waals surface area contributed by atoms with Crippen molar-refractivity contribution in [3.8, 4) is 0 Å². The molecule has 0 aromatic carbocycles. The standard InChI is InChI=1S/C10H18O2/c1-9-5-4-7-10(12-9)6-2-3-8-11-10/h9H,2-8H2,1H3/t9-,10+/m0/s1. The second kappa shape index (κ2) is 3.35. The van der Waals surface area contributed by atoms with Gasteiger partial charge in [-0.3, -0.25) is 0 Å². The molecule has 0 N–H and O–H groups in total. The van der Waals surface area contributed by atoms with Gasteiger partial charge in [-0.25, -0.2) is 0 Å². The van der Waals surface area contributed by atoms with Crippen molar-refractivity contribution in [3.63, 3.8) is 0 Å². The van der Waals surface area contributed by atoms with Crippen LogP contribution in [-0.4, -0.2) is 18.5 Å². The van der Waals surface area contributed by atoms with E-state index in [1.54, 1.807) is 0 Å². The summed E-state index contributed by atoms with van der Waals surface area (Å²) < 4.78 is 11.6. The summed E-state index contributed by atoms with van der Waals surface area (Å²) in [6, 6.07) is 0. The first-order valence-corrected chi connectivity index (χ1v) is 5.13. The molecule has 0 aromatic rings. The lowest BCUT2D eigenvalue weighted by Gasteiger charge is -2.42. The minimum Gasteiger partial charge on any atom is -0.350 e. The van der Waals surface area contributed by atoms with Gasteiger partial charge in [0.15, 0.2) is 5.79 Å². The molecule has 2 atom stereocenters. The summed E-state index contributed by atoms with van der Waals surface area (Å²) in [5.41, 5.74) is 0. The number of hydrogen-bond donors (Lipinski definition) is 0. The second-order valence-electron chi connectivity index (χ2n) is 4.04. The van der Waals surface area contributed by atoms with E-state index in [9.17, 15) is 0 Å². The predicted molar refractivity (Wildman–Crippen MR) is 46.9 cm³/mol. The van der Waals surface area contributed by atoms with Crippen LogP contribution in [0.5, 0.6) is 0 Å². The smallest absolute Gasteiger partial charge is 0.168 e. The molecule has 2 aliphatic heterocycles. The molecule has 2 aliphatic rings. The maximum atomic E-state index is 5.89. The van der Waals surface area contributed by atoms with Crippen LogP contribution in [0.25, 0.3) is 0 Å². The second-order valence-corrected chi connectivity index (χ2v) is 4.04. The van der Waals surface area contributed by atoms with Gasteiger partial charge in [0.2, 0.25) is 0 Å². The average Bonchev–Trinajstić information content (AvgIpc) is 2.05. The van der Waals surface area contributed by atoms with Gasteiger partial charge in [-0.15, -0.1) is 0 Å². The maximum absolute atomic E-state index is 5.89. The number of ether oxygens (including phenoxy) is 2. The van der Waals surface area contributed by atoms with Gasteiger partial charge in [0.1, 0.15) is 0 Å². The first-order chi connectivity index (χ1) is 5.81. The van der Waals surface area contributed by atoms with Crippen LogP contribution >= 0.6 is 0 Å². The van der Waals surface area contributed by atoms with Crippen molar-refractivity contribution in [3.05, 3.63) is 0 Å². The summed E-state index contributed by atoms with van der Waals surface area (Å²) in [4.78, 5) is 0. The van der Waals surface area contributed by atoms with Crippen LogP contribution in [0, 0.1) is 0 Å². The fourth-order valence-corrected chi connectivity index (χ4v) is 2.26. The molecule has 2 heterocycles. The van der Waals surface area contributed by atoms with Gasteiger partial charge < -0.3 is 9.47 Å². The van der Waals surface area contributed by atoms with E-state index in [0.717, 1.165) is 19.4 Å². The lowest BCUT2D eigenvalue weighted by atomic mass is 9.95. The quantitative estimate of drug-likeness (QED) is 0.556. The summed E-state index contributed by atoms with van der Waals surface area (Å²) in [5, 5.41) is 0. The molecule has 12 heavy (non-hydrogen) atoms. The van der Waals surface area contributed by atoms with Gasteiger partial charge in [-0.05, 0) is 32.6 Å². The Morgan fingerprint density at radius 3 is 2.67 bits per heavy atom. The molecule has 2 saturated heterocycles. The van der Waals surface area contributed by atoms with Crippen molar-refractivity contribution in [1.82, 2.24) is 0 Å². The van der Waals surface area contributed by atoms with Gasteiger partial charge in [0.05, 0.1) is 12.7 Å². The zero-order chi connectivity index (χ0) is 8.44. The topological polar surface area (TPSA) is 18.5 Å². The third kappa shape index (κ3) is 1.64. The summed E-state index contributed by atoms with van der Waals surface area (Å²) in [6.07, 6.45) is 7.56. The van der Waals surface area contributed by atoms with E-state index >= 15 is 0 Å². The third-order valence-electron chi connectivity index (χ3n) is 2.90. The van der Waals surface area contributed by atoms with Crippen molar-refractivity contribution in [2.75, 3.05) is 6.61 Å². The Morgan fingerprint density at radius 1 is 1.17 bits per heavy atom. The third-order valence-corrected chi connectivity index (χ3v) is 2.90. The van der Waals surface area contributed by atoms with Crippen molar-refractivity contribution in [2.24, 2.45) is 0 Å². The van der Waals surface area contributed by atoms with Crippen LogP contribution < -0.4 is 0 Å². The molecule has 2 heteroatoms. The van der Waals surface area contributed by atoms with Crippen molar-refractivity contribution < 1.29 is 9.47 Å². The largest absolute Gasteiger partial charge is 0.350 e. The van der Waals surface area contributed by atoms with Crippen LogP contribution in [0.2, 0.25) is 0 Å². The molecule has 2 rings (SSSR count). The molecule has 2 nitrogen and oxygen atoms in total. The zero-order valence-corrected chi connectivity index (χ0v) is 7.84. The first kappa shape index (κ1) is 8.52. The number of hydrogen-bond acceptors (Lipinski definition) is 2. The molecular formula is C10H18O2. The van der Waals surface area contributed by atoms with E-state index in [-0.39, 0.29) is 5.79 Å². The Balaban J connectivity index is 1.97. The van der Waals surface area contributed by atoms with E-state index in [1.807, 2.05) is 0 Å². The summed E-state index contributed by atoms with van der Waals surface area (Å²) in [7, 11) is 0. The summed E-state index contributed by atoms with van der Waals surface area (Å²) >= 11 is 0. The van der Waals surface area contributed by atoms with E-state index in [1.165, 1.54) is 25.7 Å². The highest BCUT2D eigenvalue weighted by molar-refractivity contribution is 4.79. The normalized spacial score (nSPS) is 43.2. The van der Waals surface area contributed by atoms with E-state index in [2.05, 4.69) is 6.92 Å². The van der Waals surface area contributed by atoms with Crippen LogP contribution in [-0.2, 0) is 9.47 Å². The molecule has 0 saturated carbocycles. The molecule has 1 spiro atoms. The molecular weight excluding hydrogens is 152 g/mol. The summed E-state index contributed by atoms with van der Waals surface area (Å²) in [6.45, 7) is 3.05. The van der Waals surface area contributed by atoms with Gasteiger partial charge in [0.25, 0.3) is 0 Å². The average molecular weight is 170 g/mol. The minimum absolute atomic E-state index is 0.171. The molecule has 0 aromatic heterocycles. The Kier molecular flexibility index (Phi) is 2.37. The van der Waals surface area contributed by atoms with Crippen molar-refractivity contribution in [1.29, 1.82) is 0 Å². The maximum Gasteiger partial charge on any atom is 0.168 e. The molecule has 70 valence electrons. The fourth-order valence-electron chi connectivity index (χ4n) is 2.26. The Labute approximate surface area is 74.2 Å². The molecule has 0 radical (unpaired) electrons.